The SMILES string of the molecule is CNC(=O)c1cnc(Nc2cc(C)nc(C)n2)cc1NC(=O)c1cccc(OC)c1OC. The molecule has 0 unspecified atom stereocenters. The molecule has 0 aliphatic carbocycles. The Morgan fingerprint density at radius 3 is 2.38 bits per heavy atom. The summed E-state index contributed by atoms with van der Waals surface area (Å²) in [6.07, 6.45) is 1.38. The van der Waals surface area contributed by atoms with Crippen LogP contribution >= 0.6 is 0 Å². The number of pyridine rings is 1. The van der Waals surface area contributed by atoms with E-state index in [0.717, 1.165) is 5.69 Å². The molecule has 10 nitrogen and oxygen atoms in total. The molecule has 3 aromatic rings. The first-order valence-electron chi connectivity index (χ1n) is 9.70. The Morgan fingerprint density at radius 2 is 1.72 bits per heavy atom. The van der Waals surface area contributed by atoms with Gasteiger partial charge < -0.3 is 25.4 Å². The summed E-state index contributed by atoms with van der Waals surface area (Å²) < 4.78 is 10.6. The number of hydrogen-bond donors (Lipinski definition) is 3. The third-order valence-corrected chi connectivity index (χ3v) is 4.49. The summed E-state index contributed by atoms with van der Waals surface area (Å²) in [5.41, 5.74) is 1.51. The average molecular weight is 436 g/mol. The zero-order valence-electron chi connectivity index (χ0n) is 18.4. The van der Waals surface area contributed by atoms with E-state index in [-0.39, 0.29) is 22.6 Å². The van der Waals surface area contributed by atoms with Gasteiger partial charge in [-0.25, -0.2) is 15.0 Å². The number of benzene rings is 1. The summed E-state index contributed by atoms with van der Waals surface area (Å²) in [7, 11) is 4.43. The molecule has 0 aliphatic rings. The van der Waals surface area contributed by atoms with Crippen molar-refractivity contribution in [1.29, 1.82) is 0 Å². The van der Waals surface area contributed by atoms with Gasteiger partial charge in [0, 0.05) is 31.1 Å². The maximum absolute atomic E-state index is 13.0. The summed E-state index contributed by atoms with van der Waals surface area (Å²) in [5, 5.41) is 8.39. The molecule has 32 heavy (non-hydrogen) atoms. The number of methoxy groups -OCH3 is 2. The van der Waals surface area contributed by atoms with Crippen molar-refractivity contribution in [1.82, 2.24) is 20.3 Å². The number of amides is 2. The standard InChI is InChI=1S/C22H24N6O4/c1-12-9-19(26-13(2)25-12)28-18-10-16(15(11-24-18)21(29)23-3)27-22(30)14-7-6-8-17(31-4)20(14)32-5/h6-11H,1-5H3,(H,23,29)(H2,24,25,26,27,28,30). The van der Waals surface area contributed by atoms with Gasteiger partial charge in [0.2, 0.25) is 0 Å². The minimum absolute atomic E-state index is 0.198. The van der Waals surface area contributed by atoms with Crippen LogP contribution in [0.3, 0.4) is 0 Å². The maximum Gasteiger partial charge on any atom is 0.259 e. The van der Waals surface area contributed by atoms with Crippen LogP contribution in [0.5, 0.6) is 11.5 Å². The number of carbonyl (C=O) groups is 2. The van der Waals surface area contributed by atoms with E-state index >= 15 is 0 Å². The second-order valence-corrected chi connectivity index (χ2v) is 6.76. The Kier molecular flexibility index (Phi) is 6.83. The van der Waals surface area contributed by atoms with E-state index in [1.54, 1.807) is 37.3 Å². The lowest BCUT2D eigenvalue weighted by atomic mass is 10.1. The molecule has 2 heterocycles. The van der Waals surface area contributed by atoms with E-state index in [2.05, 4.69) is 30.9 Å². The second-order valence-electron chi connectivity index (χ2n) is 6.76. The number of rotatable bonds is 7. The second kappa shape index (κ2) is 9.73. The lowest BCUT2D eigenvalue weighted by Crippen LogP contribution is -2.22. The van der Waals surface area contributed by atoms with Gasteiger partial charge in [-0.3, -0.25) is 9.59 Å². The van der Waals surface area contributed by atoms with E-state index in [9.17, 15) is 9.59 Å². The van der Waals surface area contributed by atoms with Gasteiger partial charge in [-0.2, -0.15) is 0 Å². The summed E-state index contributed by atoms with van der Waals surface area (Å²) in [6.45, 7) is 3.64. The van der Waals surface area contributed by atoms with Gasteiger partial charge in [0.15, 0.2) is 11.5 Å². The molecule has 0 fully saturated rings. The zero-order chi connectivity index (χ0) is 23.3. The Bertz CT molecular complexity index is 1140. The summed E-state index contributed by atoms with van der Waals surface area (Å²) >= 11 is 0. The van der Waals surface area contributed by atoms with E-state index < -0.39 is 11.8 Å². The topological polar surface area (TPSA) is 127 Å². The van der Waals surface area contributed by atoms with Gasteiger partial charge >= 0.3 is 0 Å². The highest BCUT2D eigenvalue weighted by Crippen LogP contribution is 2.31. The van der Waals surface area contributed by atoms with Crippen molar-refractivity contribution in [2.24, 2.45) is 0 Å². The molecule has 0 bridgehead atoms. The van der Waals surface area contributed by atoms with E-state index in [0.29, 0.717) is 23.2 Å². The molecule has 10 heteroatoms. The minimum atomic E-state index is -0.475. The fourth-order valence-electron chi connectivity index (χ4n) is 3.11. The van der Waals surface area contributed by atoms with Gasteiger partial charge in [0.25, 0.3) is 11.8 Å². The molecule has 1 aromatic carbocycles. The van der Waals surface area contributed by atoms with Crippen LogP contribution in [0.2, 0.25) is 0 Å². The predicted octanol–water partition coefficient (Wildman–Crippen LogP) is 2.86. The van der Waals surface area contributed by atoms with E-state index in [1.807, 2.05) is 6.92 Å². The van der Waals surface area contributed by atoms with Gasteiger partial charge in [-0.1, -0.05) is 6.07 Å². The van der Waals surface area contributed by atoms with Crippen LogP contribution < -0.4 is 25.4 Å². The van der Waals surface area contributed by atoms with E-state index in [4.69, 9.17) is 9.47 Å². The Morgan fingerprint density at radius 1 is 0.938 bits per heavy atom. The number of anilines is 3. The average Bonchev–Trinajstić information content (AvgIpc) is 2.77. The van der Waals surface area contributed by atoms with Crippen molar-refractivity contribution in [2.75, 3.05) is 31.9 Å². The van der Waals surface area contributed by atoms with Gasteiger partial charge in [0.1, 0.15) is 17.5 Å². The summed E-state index contributed by atoms with van der Waals surface area (Å²) in [6, 6.07) is 8.28. The Hall–Kier alpha value is -4.21. The van der Waals surface area contributed by atoms with Crippen molar-refractivity contribution in [2.45, 2.75) is 13.8 Å². The van der Waals surface area contributed by atoms with Crippen LogP contribution in [0.15, 0.2) is 36.5 Å². The fraction of sp³-hybridized carbons (Fsp3) is 0.227. The molecular weight excluding hydrogens is 412 g/mol. The number of nitrogens with one attached hydrogen (secondary N) is 3. The first-order valence-corrected chi connectivity index (χ1v) is 9.70. The highest BCUT2D eigenvalue weighted by Gasteiger charge is 2.20. The maximum atomic E-state index is 13.0. The predicted molar refractivity (Wildman–Crippen MR) is 120 cm³/mol. The Labute approximate surface area is 185 Å². The number of carbonyl (C=O) groups excluding carboxylic acids is 2. The van der Waals surface area contributed by atoms with Gasteiger partial charge in [0.05, 0.1) is 31.0 Å². The smallest absolute Gasteiger partial charge is 0.259 e. The zero-order valence-corrected chi connectivity index (χ0v) is 18.4. The molecule has 166 valence electrons. The van der Waals surface area contributed by atoms with Gasteiger partial charge in [-0.05, 0) is 26.0 Å². The molecule has 0 radical (unpaired) electrons. The van der Waals surface area contributed by atoms with Crippen molar-refractivity contribution >= 4 is 29.1 Å². The number of ether oxygens (including phenoxy) is 2. The number of hydrogen-bond acceptors (Lipinski definition) is 8. The number of aryl methyl sites for hydroxylation is 2. The van der Waals surface area contributed by atoms with Gasteiger partial charge in [-0.15, -0.1) is 0 Å². The molecule has 0 saturated carbocycles. The molecule has 2 amide bonds. The number of para-hydroxylation sites is 1. The highest BCUT2D eigenvalue weighted by atomic mass is 16.5. The third-order valence-electron chi connectivity index (χ3n) is 4.49. The fourth-order valence-corrected chi connectivity index (χ4v) is 3.11. The first-order chi connectivity index (χ1) is 15.4. The van der Waals surface area contributed by atoms with Crippen molar-refractivity contribution < 1.29 is 19.1 Å². The lowest BCUT2D eigenvalue weighted by Gasteiger charge is -2.15. The molecular formula is C22H24N6O4. The molecule has 3 N–H and O–H groups in total. The van der Waals surface area contributed by atoms with Crippen LogP contribution in [0.1, 0.15) is 32.2 Å². The largest absolute Gasteiger partial charge is 0.493 e. The third kappa shape index (κ3) is 4.91. The molecule has 3 rings (SSSR count). The van der Waals surface area contributed by atoms with Crippen LogP contribution in [-0.4, -0.2) is 48.0 Å². The van der Waals surface area contributed by atoms with E-state index in [1.165, 1.54) is 27.5 Å². The lowest BCUT2D eigenvalue weighted by molar-refractivity contribution is 0.0963. The molecule has 2 aromatic heterocycles. The quantitative estimate of drug-likeness (QED) is 0.516. The van der Waals surface area contributed by atoms with Crippen molar-refractivity contribution in [3.8, 4) is 11.5 Å². The number of aromatic nitrogens is 3. The van der Waals surface area contributed by atoms with Crippen LogP contribution in [0.25, 0.3) is 0 Å². The van der Waals surface area contributed by atoms with Crippen LogP contribution in [0.4, 0.5) is 17.3 Å². The normalized spacial score (nSPS) is 10.3. The molecule has 0 aliphatic heterocycles. The molecule has 0 atom stereocenters. The van der Waals surface area contributed by atoms with Crippen molar-refractivity contribution in [3.63, 3.8) is 0 Å². The van der Waals surface area contributed by atoms with Crippen LogP contribution in [0, 0.1) is 13.8 Å². The summed E-state index contributed by atoms with van der Waals surface area (Å²) in [4.78, 5) is 38.2. The first kappa shape index (κ1) is 22.5. The molecule has 0 saturated heterocycles. The number of nitrogens with zero attached hydrogens (tertiary/aromatic N) is 3. The minimum Gasteiger partial charge on any atom is -0.493 e. The Balaban J connectivity index is 1.97. The van der Waals surface area contributed by atoms with Crippen molar-refractivity contribution in [3.05, 3.63) is 59.2 Å². The monoisotopic (exact) mass is 436 g/mol. The molecule has 0 spiro atoms. The summed E-state index contributed by atoms with van der Waals surface area (Å²) in [5.74, 6) is 1.37. The highest BCUT2D eigenvalue weighted by molar-refractivity contribution is 6.10. The van der Waals surface area contributed by atoms with Crippen LogP contribution in [-0.2, 0) is 0 Å².